The van der Waals surface area contributed by atoms with Crippen molar-refractivity contribution in [3.8, 4) is 0 Å². The standard InChI is InChI=1S/C31H42FN5O2/c1-20-9-24(32)8-7-23(20)10-22-11-26-29(34-13-22)31(5,6)19-37(26)28(39)17-35-15-21(2)33-14-25(35)16-36-18-30(3,4)12-27(36)38/h7-9,11,13,21,25,33H,10,12,14-19H2,1-6H3/t21-,25-/m1/s1. The molecule has 8 heteroatoms. The zero-order chi connectivity index (χ0) is 28.1. The number of likely N-dealkylation sites (tertiary alicyclic amines) is 1. The van der Waals surface area contributed by atoms with Gasteiger partial charge in [-0.3, -0.25) is 19.5 Å². The summed E-state index contributed by atoms with van der Waals surface area (Å²) in [5.74, 6) is 0.0289. The summed E-state index contributed by atoms with van der Waals surface area (Å²) < 4.78 is 13.6. The largest absolute Gasteiger partial charge is 0.341 e. The van der Waals surface area contributed by atoms with Gasteiger partial charge in [-0.25, -0.2) is 4.39 Å². The van der Waals surface area contributed by atoms with Crippen LogP contribution in [0.4, 0.5) is 10.1 Å². The van der Waals surface area contributed by atoms with Gasteiger partial charge >= 0.3 is 0 Å². The average Bonchev–Trinajstić information content (AvgIpc) is 3.27. The number of anilines is 1. The Balaban J connectivity index is 1.34. The maximum absolute atomic E-state index is 13.9. The fraction of sp³-hybridized carbons (Fsp3) is 0.581. The van der Waals surface area contributed by atoms with E-state index in [0.717, 1.165) is 47.7 Å². The molecule has 7 nitrogen and oxygen atoms in total. The second-order valence-electron chi connectivity index (χ2n) is 13.3. The number of nitrogens with one attached hydrogen (secondary N) is 1. The molecule has 2 amide bonds. The van der Waals surface area contributed by atoms with Crippen LogP contribution in [0, 0.1) is 18.2 Å². The van der Waals surface area contributed by atoms with Crippen molar-refractivity contribution in [2.24, 2.45) is 5.41 Å². The SMILES string of the molecule is Cc1cc(F)ccc1Cc1cnc2c(c1)N(C(=O)CN1C[C@@H](C)NC[C@@H]1CN1CC(C)(C)CC1=O)CC2(C)C. The number of hydrogen-bond acceptors (Lipinski definition) is 5. The van der Waals surface area contributed by atoms with E-state index in [1.54, 1.807) is 6.07 Å². The van der Waals surface area contributed by atoms with Crippen LogP contribution >= 0.6 is 0 Å². The van der Waals surface area contributed by atoms with Gasteiger partial charge in [-0.1, -0.05) is 33.8 Å². The summed E-state index contributed by atoms with van der Waals surface area (Å²) >= 11 is 0. The van der Waals surface area contributed by atoms with Gasteiger partial charge in [0.2, 0.25) is 11.8 Å². The number of hydrogen-bond donors (Lipinski definition) is 1. The number of nitrogens with zero attached hydrogens (tertiary/aromatic N) is 4. The minimum Gasteiger partial charge on any atom is -0.341 e. The van der Waals surface area contributed by atoms with Gasteiger partial charge in [0.1, 0.15) is 5.82 Å². The number of rotatable bonds is 6. The highest BCUT2D eigenvalue weighted by atomic mass is 19.1. The summed E-state index contributed by atoms with van der Waals surface area (Å²) in [5, 5.41) is 3.54. The molecule has 39 heavy (non-hydrogen) atoms. The van der Waals surface area contributed by atoms with Crippen LogP contribution in [0.25, 0.3) is 0 Å². The quantitative estimate of drug-likeness (QED) is 0.612. The summed E-state index contributed by atoms with van der Waals surface area (Å²) in [7, 11) is 0. The first-order chi connectivity index (χ1) is 18.3. The van der Waals surface area contributed by atoms with Gasteiger partial charge in [-0.2, -0.15) is 0 Å². The lowest BCUT2D eigenvalue weighted by atomic mass is 9.91. The Labute approximate surface area is 231 Å². The van der Waals surface area contributed by atoms with Crippen molar-refractivity contribution in [2.45, 2.75) is 71.9 Å². The van der Waals surface area contributed by atoms with Gasteiger partial charge in [0.15, 0.2) is 0 Å². The van der Waals surface area contributed by atoms with Crippen LogP contribution in [-0.4, -0.2) is 78.0 Å². The molecule has 0 radical (unpaired) electrons. The van der Waals surface area contributed by atoms with E-state index in [0.29, 0.717) is 32.5 Å². The number of aromatic nitrogens is 1. The van der Waals surface area contributed by atoms with Crippen molar-refractivity contribution in [1.29, 1.82) is 0 Å². The van der Waals surface area contributed by atoms with Gasteiger partial charge < -0.3 is 15.1 Å². The van der Waals surface area contributed by atoms with Crippen LogP contribution in [0.15, 0.2) is 30.5 Å². The molecule has 2 atom stereocenters. The van der Waals surface area contributed by atoms with E-state index < -0.39 is 0 Å². The Kier molecular flexibility index (Phi) is 7.31. The second kappa shape index (κ2) is 10.3. The Morgan fingerprint density at radius 1 is 1.18 bits per heavy atom. The molecule has 3 aliphatic heterocycles. The summed E-state index contributed by atoms with van der Waals surface area (Å²) in [4.78, 5) is 37.5. The molecule has 2 aromatic rings. The normalized spacial score (nSPS) is 24.3. The zero-order valence-electron chi connectivity index (χ0n) is 24.2. The minimum absolute atomic E-state index is 0.00484. The Morgan fingerprint density at radius 3 is 2.64 bits per heavy atom. The van der Waals surface area contributed by atoms with Gasteiger partial charge in [0.25, 0.3) is 0 Å². The van der Waals surface area contributed by atoms with Crippen molar-refractivity contribution in [1.82, 2.24) is 20.1 Å². The molecule has 1 aromatic heterocycles. The van der Waals surface area contributed by atoms with E-state index in [-0.39, 0.29) is 40.5 Å². The third-order valence-corrected chi connectivity index (χ3v) is 8.51. The molecule has 2 fully saturated rings. The number of pyridine rings is 1. The molecule has 3 aliphatic rings. The molecule has 0 aliphatic carbocycles. The van der Waals surface area contributed by atoms with Crippen LogP contribution in [0.5, 0.6) is 0 Å². The van der Waals surface area contributed by atoms with Crippen LogP contribution in [-0.2, 0) is 21.4 Å². The molecule has 5 rings (SSSR count). The predicted octanol–water partition coefficient (Wildman–Crippen LogP) is 3.66. The van der Waals surface area contributed by atoms with Crippen molar-refractivity contribution in [3.63, 3.8) is 0 Å². The van der Waals surface area contributed by atoms with E-state index >= 15 is 0 Å². The van der Waals surface area contributed by atoms with Crippen molar-refractivity contribution in [3.05, 3.63) is 58.7 Å². The van der Waals surface area contributed by atoms with Gasteiger partial charge in [0.05, 0.1) is 17.9 Å². The minimum atomic E-state index is -0.251. The van der Waals surface area contributed by atoms with E-state index in [2.05, 4.69) is 50.9 Å². The lowest BCUT2D eigenvalue weighted by molar-refractivity contribution is -0.128. The number of amides is 2. The predicted molar refractivity (Wildman–Crippen MR) is 151 cm³/mol. The summed E-state index contributed by atoms with van der Waals surface area (Å²) in [6.45, 7) is 16.4. The first kappa shape index (κ1) is 27.7. The molecule has 0 bridgehead atoms. The first-order valence-electron chi connectivity index (χ1n) is 14.1. The summed E-state index contributed by atoms with van der Waals surface area (Å²) in [6, 6.07) is 7.31. The molecule has 4 heterocycles. The zero-order valence-corrected chi connectivity index (χ0v) is 24.2. The molecular formula is C31H42FN5O2. The van der Waals surface area contributed by atoms with Crippen LogP contribution in [0.3, 0.4) is 0 Å². The molecule has 0 unspecified atom stereocenters. The highest BCUT2D eigenvalue weighted by Crippen LogP contribution is 2.40. The monoisotopic (exact) mass is 535 g/mol. The average molecular weight is 536 g/mol. The molecule has 0 spiro atoms. The highest BCUT2D eigenvalue weighted by molar-refractivity contribution is 5.97. The lowest BCUT2D eigenvalue weighted by Gasteiger charge is -2.41. The third-order valence-electron chi connectivity index (χ3n) is 8.51. The maximum Gasteiger partial charge on any atom is 0.241 e. The fourth-order valence-electron chi connectivity index (χ4n) is 6.44. The van der Waals surface area contributed by atoms with Crippen LogP contribution < -0.4 is 10.2 Å². The molecular weight excluding hydrogens is 493 g/mol. The number of carbonyl (C=O) groups excluding carboxylic acids is 2. The fourth-order valence-corrected chi connectivity index (χ4v) is 6.44. The highest BCUT2D eigenvalue weighted by Gasteiger charge is 2.42. The first-order valence-corrected chi connectivity index (χ1v) is 14.1. The van der Waals surface area contributed by atoms with E-state index in [1.165, 1.54) is 6.07 Å². The summed E-state index contributed by atoms with van der Waals surface area (Å²) in [6.07, 6.45) is 3.10. The van der Waals surface area contributed by atoms with Gasteiger partial charge in [-0.15, -0.1) is 0 Å². The molecule has 1 N–H and O–H groups in total. The molecule has 1 aromatic carbocycles. The van der Waals surface area contributed by atoms with E-state index in [9.17, 15) is 14.0 Å². The maximum atomic E-state index is 13.9. The second-order valence-corrected chi connectivity index (χ2v) is 13.3. The number of benzene rings is 1. The van der Waals surface area contributed by atoms with Gasteiger partial charge in [0, 0.05) is 62.8 Å². The van der Waals surface area contributed by atoms with Crippen molar-refractivity contribution < 1.29 is 14.0 Å². The number of aryl methyl sites for hydroxylation is 1. The van der Waals surface area contributed by atoms with Crippen molar-refractivity contribution in [2.75, 3.05) is 44.2 Å². The number of piperazine rings is 1. The number of halogens is 1. The Bertz CT molecular complexity index is 1280. The van der Waals surface area contributed by atoms with Crippen molar-refractivity contribution >= 4 is 17.5 Å². The molecule has 0 saturated carbocycles. The Hall–Kier alpha value is -2.84. The topological polar surface area (TPSA) is 68.8 Å². The summed E-state index contributed by atoms with van der Waals surface area (Å²) in [5.41, 5.74) is 4.51. The lowest BCUT2D eigenvalue weighted by Crippen LogP contribution is -2.61. The number of carbonyl (C=O) groups is 2. The third kappa shape index (κ3) is 5.87. The van der Waals surface area contributed by atoms with E-state index in [1.807, 2.05) is 29.0 Å². The Morgan fingerprint density at radius 2 is 1.95 bits per heavy atom. The van der Waals surface area contributed by atoms with E-state index in [4.69, 9.17) is 4.98 Å². The smallest absolute Gasteiger partial charge is 0.241 e. The van der Waals surface area contributed by atoms with Gasteiger partial charge in [-0.05, 0) is 60.6 Å². The molecule has 2 saturated heterocycles. The van der Waals surface area contributed by atoms with Crippen LogP contribution in [0.2, 0.25) is 0 Å². The molecule has 210 valence electrons. The number of fused-ring (bicyclic) bond motifs is 1. The van der Waals surface area contributed by atoms with Crippen LogP contribution in [0.1, 0.15) is 63.4 Å².